The van der Waals surface area contributed by atoms with Crippen LogP contribution in [-0.2, 0) is 11.8 Å². The van der Waals surface area contributed by atoms with Crippen molar-refractivity contribution >= 4 is 17.7 Å². The highest BCUT2D eigenvalue weighted by Gasteiger charge is 2.25. The Balaban J connectivity index is 1.71. The summed E-state index contributed by atoms with van der Waals surface area (Å²) < 4.78 is 1.97. The van der Waals surface area contributed by atoms with Crippen molar-refractivity contribution in [1.29, 1.82) is 0 Å². The Kier molecular flexibility index (Phi) is 5.23. The summed E-state index contributed by atoms with van der Waals surface area (Å²) in [6.07, 6.45) is 3.46. The average molecular weight is 344 g/mol. The molecule has 1 amide bonds. The van der Waals surface area contributed by atoms with Gasteiger partial charge in [0.1, 0.15) is 0 Å². The lowest BCUT2D eigenvalue weighted by Crippen LogP contribution is -2.40. The first kappa shape index (κ1) is 17.0. The van der Waals surface area contributed by atoms with Crippen molar-refractivity contribution < 1.29 is 4.79 Å². The Morgan fingerprint density at radius 2 is 1.79 bits per heavy atom. The number of thioether (sulfide) groups is 1. The van der Waals surface area contributed by atoms with Crippen LogP contribution in [0.4, 0.5) is 0 Å². The second kappa shape index (κ2) is 7.38. The molecule has 5 nitrogen and oxygen atoms in total. The van der Waals surface area contributed by atoms with E-state index in [1.807, 2.05) is 23.4 Å². The number of likely N-dealkylation sites (tertiary alicyclic amines) is 1. The van der Waals surface area contributed by atoms with Crippen molar-refractivity contribution in [1.82, 2.24) is 19.7 Å². The lowest BCUT2D eigenvalue weighted by Gasteiger charge is -2.28. The highest BCUT2D eigenvalue weighted by molar-refractivity contribution is 8.00. The van der Waals surface area contributed by atoms with Crippen LogP contribution in [0.1, 0.15) is 31.7 Å². The molecule has 2 heterocycles. The van der Waals surface area contributed by atoms with Gasteiger partial charge in [0, 0.05) is 25.7 Å². The first-order chi connectivity index (χ1) is 11.6. The van der Waals surface area contributed by atoms with E-state index in [4.69, 9.17) is 0 Å². The Hall–Kier alpha value is -1.82. The van der Waals surface area contributed by atoms with E-state index in [9.17, 15) is 4.79 Å². The molecule has 1 aliphatic rings. The zero-order valence-electron chi connectivity index (χ0n) is 14.5. The Morgan fingerprint density at radius 1 is 1.12 bits per heavy atom. The Labute approximate surface area is 147 Å². The van der Waals surface area contributed by atoms with E-state index in [0.717, 1.165) is 42.5 Å². The molecule has 1 atom stereocenters. The smallest absolute Gasteiger partial charge is 0.235 e. The summed E-state index contributed by atoms with van der Waals surface area (Å²) >= 11 is 1.49. The molecule has 1 aromatic carbocycles. The monoisotopic (exact) mass is 344 g/mol. The van der Waals surface area contributed by atoms with E-state index in [0.29, 0.717) is 0 Å². The summed E-state index contributed by atoms with van der Waals surface area (Å²) in [6.45, 7) is 5.80. The predicted octanol–water partition coefficient (Wildman–Crippen LogP) is 3.28. The SMILES string of the molecule is Cc1ccc(-c2nnc(SC(C)C(=O)N3CCCCC3)n2C)cc1. The van der Waals surface area contributed by atoms with Gasteiger partial charge in [0.25, 0.3) is 0 Å². The van der Waals surface area contributed by atoms with Crippen LogP contribution < -0.4 is 0 Å². The van der Waals surface area contributed by atoms with Crippen LogP contribution in [0.5, 0.6) is 0 Å². The molecule has 0 saturated carbocycles. The van der Waals surface area contributed by atoms with Gasteiger partial charge >= 0.3 is 0 Å². The summed E-state index contributed by atoms with van der Waals surface area (Å²) in [5.74, 6) is 1.04. The number of benzene rings is 1. The molecule has 2 aromatic rings. The molecule has 24 heavy (non-hydrogen) atoms. The largest absolute Gasteiger partial charge is 0.342 e. The second-order valence-electron chi connectivity index (χ2n) is 6.38. The summed E-state index contributed by atoms with van der Waals surface area (Å²) in [7, 11) is 1.95. The molecular formula is C18H24N4OS. The van der Waals surface area contributed by atoms with Crippen LogP contribution in [-0.4, -0.2) is 43.9 Å². The van der Waals surface area contributed by atoms with Gasteiger partial charge in [0.15, 0.2) is 11.0 Å². The maximum absolute atomic E-state index is 12.6. The highest BCUT2D eigenvalue weighted by Crippen LogP contribution is 2.27. The zero-order chi connectivity index (χ0) is 17.1. The molecule has 0 bridgehead atoms. The van der Waals surface area contributed by atoms with E-state index in [-0.39, 0.29) is 11.2 Å². The number of nitrogens with zero attached hydrogens (tertiary/aromatic N) is 4. The van der Waals surface area contributed by atoms with Gasteiger partial charge in [0.2, 0.25) is 5.91 Å². The number of aromatic nitrogens is 3. The van der Waals surface area contributed by atoms with Crippen LogP contribution in [0.3, 0.4) is 0 Å². The van der Waals surface area contributed by atoms with Crippen LogP contribution in [0, 0.1) is 6.92 Å². The van der Waals surface area contributed by atoms with Crippen molar-refractivity contribution in [3.05, 3.63) is 29.8 Å². The van der Waals surface area contributed by atoms with Gasteiger partial charge in [-0.25, -0.2) is 0 Å². The lowest BCUT2D eigenvalue weighted by atomic mass is 10.1. The predicted molar refractivity (Wildman–Crippen MR) is 96.9 cm³/mol. The molecule has 1 fully saturated rings. The van der Waals surface area contributed by atoms with Crippen molar-refractivity contribution in [2.75, 3.05) is 13.1 Å². The number of rotatable bonds is 4. The molecule has 128 valence electrons. The molecule has 1 aliphatic heterocycles. The lowest BCUT2D eigenvalue weighted by molar-refractivity contribution is -0.131. The third-order valence-electron chi connectivity index (χ3n) is 4.44. The van der Waals surface area contributed by atoms with Gasteiger partial charge in [-0.3, -0.25) is 4.79 Å². The molecule has 1 aromatic heterocycles. The van der Waals surface area contributed by atoms with Crippen molar-refractivity contribution in [3.8, 4) is 11.4 Å². The summed E-state index contributed by atoms with van der Waals surface area (Å²) in [4.78, 5) is 14.6. The van der Waals surface area contributed by atoms with Crippen LogP contribution in [0.25, 0.3) is 11.4 Å². The van der Waals surface area contributed by atoms with Crippen LogP contribution in [0.15, 0.2) is 29.4 Å². The zero-order valence-corrected chi connectivity index (χ0v) is 15.3. The fraction of sp³-hybridized carbons (Fsp3) is 0.500. The van der Waals surface area contributed by atoms with Gasteiger partial charge in [-0.05, 0) is 33.1 Å². The Bertz CT molecular complexity index is 704. The summed E-state index contributed by atoms with van der Waals surface area (Å²) in [5.41, 5.74) is 2.26. The molecule has 0 N–H and O–H groups in total. The fourth-order valence-corrected chi connectivity index (χ4v) is 3.85. The quantitative estimate of drug-likeness (QED) is 0.799. The van der Waals surface area contributed by atoms with E-state index in [1.54, 1.807) is 0 Å². The van der Waals surface area contributed by atoms with Crippen LogP contribution in [0.2, 0.25) is 0 Å². The number of carbonyl (C=O) groups excluding carboxylic acids is 1. The van der Waals surface area contributed by atoms with Crippen molar-refractivity contribution in [2.24, 2.45) is 7.05 Å². The number of piperidine rings is 1. The summed E-state index contributed by atoms with van der Waals surface area (Å²) in [6, 6.07) is 8.24. The van der Waals surface area contributed by atoms with Gasteiger partial charge in [-0.15, -0.1) is 10.2 Å². The van der Waals surface area contributed by atoms with Gasteiger partial charge in [-0.1, -0.05) is 41.6 Å². The third-order valence-corrected chi connectivity index (χ3v) is 5.56. The maximum atomic E-state index is 12.6. The summed E-state index contributed by atoms with van der Waals surface area (Å²) in [5, 5.41) is 9.23. The number of carbonyl (C=O) groups is 1. The standard InChI is InChI=1S/C18H24N4OS/c1-13-7-9-15(10-8-13)16-19-20-18(21(16)3)24-14(2)17(23)22-11-5-4-6-12-22/h7-10,14H,4-6,11-12H2,1-3H3. The highest BCUT2D eigenvalue weighted by atomic mass is 32.2. The number of hydrogen-bond donors (Lipinski definition) is 0. The van der Waals surface area contributed by atoms with E-state index in [2.05, 4.69) is 41.4 Å². The van der Waals surface area contributed by atoms with Crippen molar-refractivity contribution in [2.45, 2.75) is 43.5 Å². The third kappa shape index (κ3) is 3.64. The molecule has 0 aliphatic carbocycles. The molecule has 3 rings (SSSR count). The fourth-order valence-electron chi connectivity index (χ4n) is 2.95. The van der Waals surface area contributed by atoms with Crippen molar-refractivity contribution in [3.63, 3.8) is 0 Å². The minimum absolute atomic E-state index is 0.142. The van der Waals surface area contributed by atoms with E-state index in [1.165, 1.54) is 23.7 Å². The van der Waals surface area contributed by atoms with E-state index < -0.39 is 0 Å². The minimum Gasteiger partial charge on any atom is -0.342 e. The van der Waals surface area contributed by atoms with Crippen LogP contribution >= 0.6 is 11.8 Å². The van der Waals surface area contributed by atoms with E-state index >= 15 is 0 Å². The minimum atomic E-state index is -0.142. The van der Waals surface area contributed by atoms with Gasteiger partial charge in [0.05, 0.1) is 5.25 Å². The molecule has 6 heteroatoms. The first-order valence-corrected chi connectivity index (χ1v) is 9.36. The number of amides is 1. The molecular weight excluding hydrogens is 320 g/mol. The maximum Gasteiger partial charge on any atom is 0.235 e. The molecule has 1 unspecified atom stereocenters. The normalized spacial score (nSPS) is 16.2. The topological polar surface area (TPSA) is 51.0 Å². The molecule has 0 spiro atoms. The Morgan fingerprint density at radius 3 is 2.46 bits per heavy atom. The second-order valence-corrected chi connectivity index (χ2v) is 7.69. The average Bonchev–Trinajstić information content (AvgIpc) is 2.96. The number of hydrogen-bond acceptors (Lipinski definition) is 4. The molecule has 1 saturated heterocycles. The van der Waals surface area contributed by atoms with Gasteiger partial charge in [-0.2, -0.15) is 0 Å². The number of aryl methyl sites for hydroxylation is 1. The molecule has 0 radical (unpaired) electrons. The first-order valence-electron chi connectivity index (χ1n) is 8.48. The van der Waals surface area contributed by atoms with Gasteiger partial charge < -0.3 is 9.47 Å².